The van der Waals surface area contributed by atoms with Gasteiger partial charge in [0, 0.05) is 6.54 Å². The topological polar surface area (TPSA) is 81.2 Å². The zero-order valence-electron chi connectivity index (χ0n) is 10.9. The highest BCUT2D eigenvalue weighted by Gasteiger charge is 2.37. The van der Waals surface area contributed by atoms with Crippen LogP contribution in [0.1, 0.15) is 43.8 Å². The average Bonchev–Trinajstić information content (AvgIpc) is 2.82. The van der Waals surface area contributed by atoms with E-state index in [4.69, 9.17) is 10.2 Å². The van der Waals surface area contributed by atoms with E-state index in [1.807, 2.05) is 6.92 Å². The number of nitrogens with one attached hydrogen (secondary N) is 1. The van der Waals surface area contributed by atoms with Gasteiger partial charge in [-0.05, 0) is 19.8 Å². The molecule has 3 N–H and O–H groups in total. The maximum atomic E-state index is 12.3. The van der Waals surface area contributed by atoms with Gasteiger partial charge in [-0.3, -0.25) is 4.79 Å². The summed E-state index contributed by atoms with van der Waals surface area (Å²) in [6, 6.07) is 0. The number of hydrogen-bond donors (Lipinski definition) is 2. The molecule has 1 aliphatic rings. The number of oxazole rings is 1. The third-order valence-corrected chi connectivity index (χ3v) is 3.75. The molecule has 1 amide bonds. The van der Waals surface area contributed by atoms with Crippen molar-refractivity contribution in [3.63, 3.8) is 0 Å². The van der Waals surface area contributed by atoms with E-state index < -0.39 is 0 Å². The van der Waals surface area contributed by atoms with Gasteiger partial charge in [-0.25, -0.2) is 4.98 Å². The summed E-state index contributed by atoms with van der Waals surface area (Å²) in [5.41, 5.74) is 5.44. The highest BCUT2D eigenvalue weighted by molar-refractivity contribution is 5.82. The molecule has 1 aromatic heterocycles. The van der Waals surface area contributed by atoms with Crippen LogP contribution in [0.3, 0.4) is 0 Å². The Hall–Kier alpha value is -1.36. The van der Waals surface area contributed by atoms with Crippen molar-refractivity contribution in [2.75, 3.05) is 6.54 Å². The Kier molecular flexibility index (Phi) is 4.01. The van der Waals surface area contributed by atoms with Crippen LogP contribution in [0.2, 0.25) is 0 Å². The Morgan fingerprint density at radius 1 is 1.50 bits per heavy atom. The molecule has 100 valence electrons. The summed E-state index contributed by atoms with van der Waals surface area (Å²) in [7, 11) is 0. The Labute approximate surface area is 107 Å². The maximum absolute atomic E-state index is 12.3. The van der Waals surface area contributed by atoms with Gasteiger partial charge in [-0.2, -0.15) is 0 Å². The van der Waals surface area contributed by atoms with E-state index in [1.165, 1.54) is 6.42 Å². The summed E-state index contributed by atoms with van der Waals surface area (Å²) in [5.74, 6) is 1.34. The molecule has 1 saturated carbocycles. The lowest BCUT2D eigenvalue weighted by Gasteiger charge is -2.34. The molecule has 1 aliphatic carbocycles. The third-order valence-electron chi connectivity index (χ3n) is 3.75. The molecule has 18 heavy (non-hydrogen) atoms. The van der Waals surface area contributed by atoms with Crippen molar-refractivity contribution in [1.29, 1.82) is 0 Å². The second kappa shape index (κ2) is 5.52. The molecule has 5 nitrogen and oxygen atoms in total. The average molecular weight is 251 g/mol. The van der Waals surface area contributed by atoms with Crippen molar-refractivity contribution < 1.29 is 9.21 Å². The standard InChI is InChI=1S/C13H21N3O2/c1-10-7-15-11(18-10)8-16-12(17)13(9-14)5-3-2-4-6-13/h7H,2-6,8-9,14H2,1H3,(H,16,17). The second-order valence-corrected chi connectivity index (χ2v) is 5.09. The predicted molar refractivity (Wildman–Crippen MR) is 67.7 cm³/mol. The van der Waals surface area contributed by atoms with Crippen LogP contribution in [0.4, 0.5) is 0 Å². The minimum absolute atomic E-state index is 0.0422. The normalized spacial score (nSPS) is 18.6. The molecule has 0 bridgehead atoms. The Morgan fingerprint density at radius 2 is 2.22 bits per heavy atom. The SMILES string of the molecule is Cc1cnc(CNC(=O)C2(CN)CCCCC2)o1. The fourth-order valence-corrected chi connectivity index (χ4v) is 2.58. The molecule has 0 atom stereocenters. The molecule has 1 fully saturated rings. The number of aromatic nitrogens is 1. The first-order valence-corrected chi connectivity index (χ1v) is 6.56. The molecule has 1 heterocycles. The molecule has 2 rings (SSSR count). The summed E-state index contributed by atoms with van der Waals surface area (Å²) in [6.07, 6.45) is 6.81. The first-order chi connectivity index (χ1) is 8.66. The van der Waals surface area contributed by atoms with Crippen LogP contribution in [0, 0.1) is 12.3 Å². The number of hydrogen-bond acceptors (Lipinski definition) is 4. The largest absolute Gasteiger partial charge is 0.444 e. The molecule has 0 saturated heterocycles. The zero-order chi connectivity index (χ0) is 13.0. The van der Waals surface area contributed by atoms with Crippen LogP contribution in [-0.4, -0.2) is 17.4 Å². The van der Waals surface area contributed by atoms with Gasteiger partial charge < -0.3 is 15.5 Å². The molecule has 5 heteroatoms. The Morgan fingerprint density at radius 3 is 2.78 bits per heavy atom. The third kappa shape index (κ3) is 2.72. The van der Waals surface area contributed by atoms with Gasteiger partial charge in [0.2, 0.25) is 11.8 Å². The summed E-state index contributed by atoms with van der Waals surface area (Å²) in [5, 5.41) is 2.90. The summed E-state index contributed by atoms with van der Waals surface area (Å²) in [6.45, 7) is 2.60. The minimum Gasteiger partial charge on any atom is -0.444 e. The van der Waals surface area contributed by atoms with Crippen molar-refractivity contribution in [2.45, 2.75) is 45.6 Å². The van der Waals surface area contributed by atoms with Gasteiger partial charge >= 0.3 is 0 Å². The van der Waals surface area contributed by atoms with Crippen molar-refractivity contribution >= 4 is 5.91 Å². The van der Waals surface area contributed by atoms with Gasteiger partial charge in [0.1, 0.15) is 5.76 Å². The van der Waals surface area contributed by atoms with E-state index in [2.05, 4.69) is 10.3 Å². The summed E-state index contributed by atoms with van der Waals surface area (Å²) in [4.78, 5) is 16.3. The van der Waals surface area contributed by atoms with E-state index in [0.29, 0.717) is 19.0 Å². The van der Waals surface area contributed by atoms with Crippen LogP contribution in [0.15, 0.2) is 10.6 Å². The van der Waals surface area contributed by atoms with Crippen LogP contribution >= 0.6 is 0 Å². The number of carbonyl (C=O) groups excluding carboxylic acids is 1. The van der Waals surface area contributed by atoms with Crippen LogP contribution < -0.4 is 11.1 Å². The van der Waals surface area contributed by atoms with E-state index in [9.17, 15) is 4.79 Å². The number of nitrogens with zero attached hydrogens (tertiary/aromatic N) is 1. The first kappa shape index (κ1) is 13.1. The van der Waals surface area contributed by atoms with E-state index in [1.54, 1.807) is 6.20 Å². The van der Waals surface area contributed by atoms with Gasteiger partial charge in [0.25, 0.3) is 0 Å². The molecule has 0 radical (unpaired) electrons. The second-order valence-electron chi connectivity index (χ2n) is 5.09. The quantitative estimate of drug-likeness (QED) is 0.850. The Balaban J connectivity index is 1.93. The number of aryl methyl sites for hydroxylation is 1. The first-order valence-electron chi connectivity index (χ1n) is 6.56. The fraction of sp³-hybridized carbons (Fsp3) is 0.692. The number of rotatable bonds is 4. The van der Waals surface area contributed by atoms with Gasteiger partial charge in [-0.1, -0.05) is 19.3 Å². The van der Waals surface area contributed by atoms with Crippen molar-refractivity contribution in [2.24, 2.45) is 11.1 Å². The molecule has 0 unspecified atom stereocenters. The Bertz CT molecular complexity index is 408. The van der Waals surface area contributed by atoms with Gasteiger partial charge in [0.05, 0.1) is 18.2 Å². The number of nitrogens with two attached hydrogens (primary N) is 1. The van der Waals surface area contributed by atoms with Crippen molar-refractivity contribution in [1.82, 2.24) is 10.3 Å². The van der Waals surface area contributed by atoms with Gasteiger partial charge in [0.15, 0.2) is 0 Å². The van der Waals surface area contributed by atoms with E-state index in [0.717, 1.165) is 31.4 Å². The number of carbonyl (C=O) groups is 1. The maximum Gasteiger partial charge on any atom is 0.227 e. The smallest absolute Gasteiger partial charge is 0.227 e. The van der Waals surface area contributed by atoms with Crippen LogP contribution in [0.5, 0.6) is 0 Å². The van der Waals surface area contributed by atoms with Crippen LogP contribution in [0.25, 0.3) is 0 Å². The lowest BCUT2D eigenvalue weighted by molar-refractivity contribution is -0.132. The molecular weight excluding hydrogens is 230 g/mol. The highest BCUT2D eigenvalue weighted by Crippen LogP contribution is 2.35. The molecule has 0 aliphatic heterocycles. The fourth-order valence-electron chi connectivity index (χ4n) is 2.58. The monoisotopic (exact) mass is 251 g/mol. The van der Waals surface area contributed by atoms with E-state index >= 15 is 0 Å². The predicted octanol–water partition coefficient (Wildman–Crippen LogP) is 1.51. The lowest BCUT2D eigenvalue weighted by Crippen LogP contribution is -2.46. The number of amides is 1. The lowest BCUT2D eigenvalue weighted by atomic mass is 9.73. The highest BCUT2D eigenvalue weighted by atomic mass is 16.4. The van der Waals surface area contributed by atoms with Crippen molar-refractivity contribution in [3.8, 4) is 0 Å². The van der Waals surface area contributed by atoms with E-state index in [-0.39, 0.29) is 11.3 Å². The van der Waals surface area contributed by atoms with Crippen molar-refractivity contribution in [3.05, 3.63) is 17.8 Å². The molecule has 1 aromatic rings. The summed E-state index contributed by atoms with van der Waals surface area (Å²) >= 11 is 0. The zero-order valence-corrected chi connectivity index (χ0v) is 10.9. The van der Waals surface area contributed by atoms with Gasteiger partial charge in [-0.15, -0.1) is 0 Å². The minimum atomic E-state index is -0.375. The molecule has 0 spiro atoms. The van der Waals surface area contributed by atoms with Crippen LogP contribution in [-0.2, 0) is 11.3 Å². The molecular formula is C13H21N3O2. The summed E-state index contributed by atoms with van der Waals surface area (Å²) < 4.78 is 5.33. The molecule has 0 aromatic carbocycles.